The lowest BCUT2D eigenvalue weighted by Gasteiger charge is -2.32. The molecular weight excluding hydrogens is 374 g/mol. The zero-order valence-corrected chi connectivity index (χ0v) is 18.4. The predicted octanol–water partition coefficient (Wildman–Crippen LogP) is 3.36. The summed E-state index contributed by atoms with van der Waals surface area (Å²) in [6.07, 6.45) is 8.55. The van der Waals surface area contributed by atoms with Crippen molar-refractivity contribution in [3.05, 3.63) is 65.4 Å². The number of aryl methyl sites for hydroxylation is 1. The summed E-state index contributed by atoms with van der Waals surface area (Å²) in [4.78, 5) is 14.5. The van der Waals surface area contributed by atoms with Crippen molar-refractivity contribution in [1.29, 1.82) is 0 Å². The fraction of sp³-hybridized carbons (Fsp3) is 0.500. The van der Waals surface area contributed by atoms with Gasteiger partial charge in [0.1, 0.15) is 5.65 Å². The molecule has 1 aliphatic rings. The molecule has 0 spiro atoms. The monoisotopic (exact) mass is 407 g/mol. The summed E-state index contributed by atoms with van der Waals surface area (Å²) in [6.45, 7) is 3.47. The Bertz CT molecular complexity index is 969. The number of methoxy groups -OCH3 is 1. The number of ether oxygens (including phenoxy) is 1. The number of rotatable bonds is 9. The van der Waals surface area contributed by atoms with E-state index in [-0.39, 0.29) is 0 Å². The van der Waals surface area contributed by atoms with E-state index in [1.54, 1.807) is 7.11 Å². The second kappa shape index (κ2) is 9.69. The van der Waals surface area contributed by atoms with Gasteiger partial charge in [0.25, 0.3) is 0 Å². The van der Waals surface area contributed by atoms with Gasteiger partial charge >= 0.3 is 0 Å². The number of pyridine rings is 2. The zero-order chi connectivity index (χ0) is 20.9. The SMILES string of the molecule is COCCN(C)Cc1c(CCN(C)[C@H]2CCCc3cccnc32)nc2ccccn12. The van der Waals surface area contributed by atoms with E-state index < -0.39 is 0 Å². The van der Waals surface area contributed by atoms with Gasteiger partial charge in [-0.1, -0.05) is 12.1 Å². The highest BCUT2D eigenvalue weighted by Crippen LogP contribution is 2.32. The first kappa shape index (κ1) is 21.0. The molecule has 0 amide bonds. The highest BCUT2D eigenvalue weighted by Gasteiger charge is 2.25. The van der Waals surface area contributed by atoms with E-state index in [9.17, 15) is 0 Å². The van der Waals surface area contributed by atoms with Crippen LogP contribution in [0.3, 0.4) is 0 Å². The van der Waals surface area contributed by atoms with E-state index in [4.69, 9.17) is 14.7 Å². The Labute approximate surface area is 179 Å². The molecule has 0 N–H and O–H groups in total. The van der Waals surface area contributed by atoms with E-state index in [0.717, 1.165) is 44.7 Å². The third-order valence-corrected chi connectivity index (χ3v) is 6.21. The molecule has 1 atom stereocenters. The summed E-state index contributed by atoms with van der Waals surface area (Å²) in [5.41, 5.74) is 6.17. The molecule has 0 bridgehead atoms. The molecule has 0 unspecified atom stereocenters. The molecule has 3 heterocycles. The standard InChI is InChI=1S/C24H33N5O/c1-27(16-17-30-3)18-22-20(26-23-11-4-5-14-29(22)23)12-15-28(2)21-10-6-8-19-9-7-13-25-24(19)21/h4-5,7,9,11,13-14,21H,6,8,10,12,15-18H2,1-3H3/t21-/m0/s1. The highest BCUT2D eigenvalue weighted by molar-refractivity contribution is 5.43. The Kier molecular flexibility index (Phi) is 6.77. The average Bonchev–Trinajstić information content (AvgIpc) is 3.13. The van der Waals surface area contributed by atoms with E-state index in [2.05, 4.69) is 64.8 Å². The van der Waals surface area contributed by atoms with Crippen LogP contribution in [0.15, 0.2) is 42.7 Å². The van der Waals surface area contributed by atoms with E-state index in [1.165, 1.54) is 35.5 Å². The van der Waals surface area contributed by atoms with Gasteiger partial charge in [0, 0.05) is 45.6 Å². The Morgan fingerprint density at radius 2 is 2.07 bits per heavy atom. The Morgan fingerprint density at radius 1 is 1.17 bits per heavy atom. The first-order chi connectivity index (χ1) is 14.7. The minimum absolute atomic E-state index is 0.403. The minimum Gasteiger partial charge on any atom is -0.383 e. The first-order valence-electron chi connectivity index (χ1n) is 10.9. The molecule has 0 saturated carbocycles. The van der Waals surface area contributed by atoms with Gasteiger partial charge in [0.15, 0.2) is 0 Å². The van der Waals surface area contributed by atoms with Crippen LogP contribution in [0, 0.1) is 0 Å². The summed E-state index contributed by atoms with van der Waals surface area (Å²) in [6, 6.07) is 10.9. The van der Waals surface area contributed by atoms with Gasteiger partial charge < -0.3 is 9.14 Å². The predicted molar refractivity (Wildman–Crippen MR) is 120 cm³/mol. The Morgan fingerprint density at radius 3 is 2.93 bits per heavy atom. The molecule has 3 aromatic heterocycles. The molecule has 0 fully saturated rings. The van der Waals surface area contributed by atoms with E-state index in [0.29, 0.717) is 6.04 Å². The molecule has 0 aromatic carbocycles. The maximum absolute atomic E-state index is 5.25. The number of hydrogen-bond acceptors (Lipinski definition) is 5. The van der Waals surface area contributed by atoms with Gasteiger partial charge in [0.05, 0.1) is 29.7 Å². The molecule has 0 aliphatic heterocycles. The van der Waals surface area contributed by atoms with Crippen LogP contribution in [-0.4, -0.2) is 65.1 Å². The van der Waals surface area contributed by atoms with Crippen LogP contribution in [0.4, 0.5) is 0 Å². The molecule has 0 radical (unpaired) electrons. The van der Waals surface area contributed by atoms with Crippen molar-refractivity contribution in [2.75, 3.05) is 40.9 Å². The fourth-order valence-corrected chi connectivity index (χ4v) is 4.50. The molecule has 6 heteroatoms. The third-order valence-electron chi connectivity index (χ3n) is 6.21. The maximum atomic E-state index is 5.25. The smallest absolute Gasteiger partial charge is 0.137 e. The second-order valence-corrected chi connectivity index (χ2v) is 8.35. The molecule has 1 aliphatic carbocycles. The Balaban J connectivity index is 1.50. The summed E-state index contributed by atoms with van der Waals surface area (Å²) in [7, 11) is 6.12. The van der Waals surface area contributed by atoms with Crippen LogP contribution in [0.25, 0.3) is 5.65 Å². The zero-order valence-electron chi connectivity index (χ0n) is 18.4. The topological polar surface area (TPSA) is 45.9 Å². The van der Waals surface area contributed by atoms with Gasteiger partial charge in [-0.2, -0.15) is 0 Å². The molecule has 6 nitrogen and oxygen atoms in total. The quantitative estimate of drug-likeness (QED) is 0.544. The molecule has 4 rings (SSSR count). The minimum atomic E-state index is 0.403. The lowest BCUT2D eigenvalue weighted by molar-refractivity contribution is 0.157. The number of fused-ring (bicyclic) bond motifs is 2. The van der Waals surface area contributed by atoms with Gasteiger partial charge in [-0.15, -0.1) is 0 Å². The summed E-state index contributed by atoms with van der Waals surface area (Å²) >= 11 is 0. The van der Waals surface area contributed by atoms with Crippen LogP contribution in [0.2, 0.25) is 0 Å². The molecular formula is C24H33N5O. The van der Waals surface area contributed by atoms with Crippen LogP contribution >= 0.6 is 0 Å². The van der Waals surface area contributed by atoms with Crippen LogP contribution in [0.5, 0.6) is 0 Å². The van der Waals surface area contributed by atoms with Gasteiger partial charge in [-0.3, -0.25) is 14.8 Å². The molecule has 30 heavy (non-hydrogen) atoms. The summed E-state index contributed by atoms with van der Waals surface area (Å²) in [5, 5.41) is 0. The van der Waals surface area contributed by atoms with Crippen LogP contribution in [0.1, 0.15) is 41.5 Å². The second-order valence-electron chi connectivity index (χ2n) is 8.35. The number of hydrogen-bond donors (Lipinski definition) is 0. The van der Waals surface area contributed by atoms with E-state index in [1.807, 2.05) is 6.20 Å². The van der Waals surface area contributed by atoms with Crippen molar-refractivity contribution in [3.63, 3.8) is 0 Å². The van der Waals surface area contributed by atoms with Crippen LogP contribution in [-0.2, 0) is 24.1 Å². The van der Waals surface area contributed by atoms with Crippen molar-refractivity contribution in [3.8, 4) is 0 Å². The van der Waals surface area contributed by atoms with E-state index >= 15 is 0 Å². The van der Waals surface area contributed by atoms with Gasteiger partial charge in [-0.05, 0) is 57.1 Å². The summed E-state index contributed by atoms with van der Waals surface area (Å²) in [5.74, 6) is 0. The van der Waals surface area contributed by atoms with Crippen LogP contribution < -0.4 is 0 Å². The lowest BCUT2D eigenvalue weighted by atomic mass is 9.91. The Hall–Kier alpha value is -2.28. The lowest BCUT2D eigenvalue weighted by Crippen LogP contribution is -2.30. The number of nitrogens with zero attached hydrogens (tertiary/aromatic N) is 5. The van der Waals surface area contributed by atoms with Crippen molar-refractivity contribution < 1.29 is 4.74 Å². The van der Waals surface area contributed by atoms with Crippen molar-refractivity contribution in [1.82, 2.24) is 24.2 Å². The number of likely N-dealkylation sites (N-methyl/N-ethyl adjacent to an activating group) is 2. The largest absolute Gasteiger partial charge is 0.383 e. The number of imidazole rings is 1. The molecule has 3 aromatic rings. The third kappa shape index (κ3) is 4.56. The maximum Gasteiger partial charge on any atom is 0.137 e. The van der Waals surface area contributed by atoms with Gasteiger partial charge in [0.2, 0.25) is 0 Å². The average molecular weight is 408 g/mol. The first-order valence-corrected chi connectivity index (χ1v) is 10.9. The van der Waals surface area contributed by atoms with Crippen molar-refractivity contribution in [2.45, 2.75) is 38.3 Å². The van der Waals surface area contributed by atoms with Gasteiger partial charge in [-0.25, -0.2) is 4.98 Å². The number of aromatic nitrogens is 3. The molecule has 160 valence electrons. The fourth-order valence-electron chi connectivity index (χ4n) is 4.50. The van der Waals surface area contributed by atoms with Crippen molar-refractivity contribution >= 4 is 5.65 Å². The highest BCUT2D eigenvalue weighted by atomic mass is 16.5. The normalized spacial score (nSPS) is 16.5. The molecule has 0 saturated heterocycles. The summed E-state index contributed by atoms with van der Waals surface area (Å²) < 4.78 is 7.48. The van der Waals surface area contributed by atoms with Crippen molar-refractivity contribution in [2.24, 2.45) is 0 Å².